The van der Waals surface area contributed by atoms with E-state index in [1.807, 2.05) is 0 Å². The third kappa shape index (κ3) is 3.45. The summed E-state index contributed by atoms with van der Waals surface area (Å²) in [7, 11) is 0. The highest BCUT2D eigenvalue weighted by molar-refractivity contribution is 8.13. The van der Waals surface area contributed by atoms with Gasteiger partial charge in [0.2, 0.25) is 5.12 Å². The van der Waals surface area contributed by atoms with Crippen molar-refractivity contribution in [1.82, 2.24) is 0 Å². The average Bonchev–Trinajstić information content (AvgIpc) is 3.37. The normalized spacial score (nSPS) is 43.6. The Hall–Kier alpha value is -1.62. The fraction of sp³-hybridized carbons (Fsp3) is 0.593. The second kappa shape index (κ2) is 9.21. The van der Waals surface area contributed by atoms with Crippen LogP contribution in [0.4, 0.5) is 13.2 Å². The molecule has 0 bridgehead atoms. The fourth-order valence-electron chi connectivity index (χ4n) is 8.01. The van der Waals surface area contributed by atoms with Crippen LogP contribution in [0.15, 0.2) is 35.2 Å². The van der Waals surface area contributed by atoms with Crippen LogP contribution in [0.3, 0.4) is 0 Å². The number of aliphatic hydroxyl groups excluding tert-OH is 1. The lowest BCUT2D eigenvalue weighted by Gasteiger charge is -2.63. The van der Waals surface area contributed by atoms with Crippen molar-refractivity contribution in [2.24, 2.45) is 28.6 Å². The Morgan fingerprint density at radius 3 is 2.63 bits per heavy atom. The van der Waals surface area contributed by atoms with E-state index in [2.05, 4.69) is 0 Å². The first-order valence-electron chi connectivity index (χ1n) is 12.4. The molecule has 4 aliphatic rings. The molecule has 38 heavy (non-hydrogen) atoms. The van der Waals surface area contributed by atoms with E-state index in [1.54, 1.807) is 19.2 Å². The molecule has 5 nitrogen and oxygen atoms in total. The number of carbonyl (C=O) groups excluding carboxylic acids is 3. The van der Waals surface area contributed by atoms with Crippen molar-refractivity contribution in [3.63, 3.8) is 0 Å². The molecule has 11 heteroatoms. The Morgan fingerprint density at radius 1 is 1.29 bits per heavy atom. The van der Waals surface area contributed by atoms with Crippen molar-refractivity contribution in [1.29, 1.82) is 0 Å². The van der Waals surface area contributed by atoms with Gasteiger partial charge >= 0.3 is 5.97 Å². The SMILES string of the molecule is CC1C[C@H]2[C@@H]3CC(F)C4=CC(=O)C=C[C@]4(C)C3(F)C(O)C[C@]2(C)C1(OC(=O)c1sccc1Cl)C(=O)SCF. The van der Waals surface area contributed by atoms with Gasteiger partial charge in [0, 0.05) is 22.7 Å². The van der Waals surface area contributed by atoms with E-state index in [0.29, 0.717) is 11.8 Å². The monoisotopic (exact) mass is 588 g/mol. The fourth-order valence-corrected chi connectivity index (χ4v) is 9.80. The number of ether oxygens (including phenoxy) is 1. The lowest BCUT2D eigenvalue weighted by molar-refractivity contribution is -0.221. The minimum absolute atomic E-state index is 0.00784. The molecule has 0 spiro atoms. The van der Waals surface area contributed by atoms with Crippen LogP contribution in [-0.2, 0) is 14.3 Å². The van der Waals surface area contributed by atoms with E-state index >= 15 is 8.78 Å². The number of hydrogen-bond acceptors (Lipinski definition) is 7. The molecule has 0 aromatic carbocycles. The van der Waals surface area contributed by atoms with Crippen LogP contribution in [0.5, 0.6) is 0 Å². The molecule has 0 saturated heterocycles. The van der Waals surface area contributed by atoms with E-state index < -0.39 is 75.0 Å². The molecule has 0 radical (unpaired) electrons. The van der Waals surface area contributed by atoms with Gasteiger partial charge in [-0.1, -0.05) is 31.5 Å². The summed E-state index contributed by atoms with van der Waals surface area (Å²) < 4.78 is 52.6. The minimum Gasteiger partial charge on any atom is -0.445 e. The number of esters is 1. The number of allylic oxidation sites excluding steroid dienone is 4. The number of hydrogen-bond donors (Lipinski definition) is 1. The van der Waals surface area contributed by atoms with Crippen molar-refractivity contribution in [3.8, 4) is 0 Å². The number of thiophene rings is 1. The van der Waals surface area contributed by atoms with Crippen molar-refractivity contribution >= 4 is 51.6 Å². The zero-order valence-corrected chi connectivity index (χ0v) is 23.4. The van der Waals surface area contributed by atoms with Crippen LogP contribution < -0.4 is 0 Å². The van der Waals surface area contributed by atoms with Gasteiger partial charge in [-0.2, -0.15) is 0 Å². The molecule has 5 unspecified atom stereocenters. The summed E-state index contributed by atoms with van der Waals surface area (Å²) in [4.78, 5) is 39.1. The Labute approximate surface area is 231 Å². The molecule has 206 valence electrons. The van der Waals surface area contributed by atoms with Crippen molar-refractivity contribution < 1.29 is 37.4 Å². The Kier molecular flexibility index (Phi) is 6.77. The molecule has 1 aromatic rings. The highest BCUT2D eigenvalue weighted by Gasteiger charge is 2.78. The van der Waals surface area contributed by atoms with Crippen LogP contribution in [-0.4, -0.2) is 51.5 Å². The number of carbonyl (C=O) groups is 3. The smallest absolute Gasteiger partial charge is 0.350 e. The second-order valence-electron chi connectivity index (χ2n) is 11.3. The molecular weight excluding hydrogens is 561 g/mol. The Balaban J connectivity index is 1.64. The molecule has 3 fully saturated rings. The van der Waals surface area contributed by atoms with E-state index in [-0.39, 0.29) is 34.7 Å². The molecule has 4 aliphatic carbocycles. The van der Waals surface area contributed by atoms with Crippen LogP contribution in [0.1, 0.15) is 49.7 Å². The van der Waals surface area contributed by atoms with Crippen molar-refractivity contribution in [3.05, 3.63) is 45.1 Å². The maximum absolute atomic E-state index is 17.4. The van der Waals surface area contributed by atoms with E-state index in [9.17, 15) is 23.9 Å². The summed E-state index contributed by atoms with van der Waals surface area (Å²) in [5.41, 5.74) is -7.20. The predicted molar refractivity (Wildman–Crippen MR) is 139 cm³/mol. The summed E-state index contributed by atoms with van der Waals surface area (Å²) >= 11 is 7.53. The number of alkyl halides is 3. The number of halogens is 4. The largest absolute Gasteiger partial charge is 0.445 e. The van der Waals surface area contributed by atoms with Gasteiger partial charge in [-0.15, -0.1) is 11.3 Å². The maximum Gasteiger partial charge on any atom is 0.350 e. The summed E-state index contributed by atoms with van der Waals surface area (Å²) in [5, 5.41) is 12.5. The number of rotatable bonds is 4. The van der Waals surface area contributed by atoms with E-state index in [0.717, 1.165) is 17.4 Å². The first kappa shape index (κ1) is 27.9. The molecule has 0 aliphatic heterocycles. The summed E-state index contributed by atoms with van der Waals surface area (Å²) in [6, 6.07) is 0.442. The number of fused-ring (bicyclic) bond motifs is 5. The molecule has 5 rings (SSSR count). The van der Waals surface area contributed by atoms with Gasteiger partial charge in [0.05, 0.1) is 11.1 Å². The third-order valence-corrected chi connectivity index (χ3v) is 11.7. The lowest BCUT2D eigenvalue weighted by atomic mass is 9.44. The van der Waals surface area contributed by atoms with Gasteiger partial charge in [0.25, 0.3) is 0 Å². The Bertz CT molecular complexity index is 1270. The number of aliphatic hydroxyl groups is 1. The topological polar surface area (TPSA) is 80.7 Å². The molecule has 1 heterocycles. The van der Waals surface area contributed by atoms with Crippen LogP contribution in [0.25, 0.3) is 0 Å². The predicted octanol–water partition coefficient (Wildman–Crippen LogP) is 6.05. The lowest BCUT2D eigenvalue weighted by Crippen LogP contribution is -2.70. The number of thioether (sulfide) groups is 1. The summed E-state index contributed by atoms with van der Waals surface area (Å²) in [6.45, 7) is 4.81. The van der Waals surface area contributed by atoms with Crippen LogP contribution >= 0.6 is 34.7 Å². The van der Waals surface area contributed by atoms with Gasteiger partial charge in [-0.05, 0) is 73.0 Å². The van der Waals surface area contributed by atoms with Crippen LogP contribution in [0, 0.1) is 28.6 Å². The molecule has 1 aromatic heterocycles. The molecule has 1 N–H and O–H groups in total. The quantitative estimate of drug-likeness (QED) is 0.432. The molecule has 3 saturated carbocycles. The minimum atomic E-state index is -2.35. The second-order valence-corrected chi connectivity index (χ2v) is 13.5. The van der Waals surface area contributed by atoms with Gasteiger partial charge in [-0.25, -0.2) is 18.0 Å². The first-order chi connectivity index (χ1) is 17.8. The van der Waals surface area contributed by atoms with Gasteiger partial charge < -0.3 is 9.84 Å². The summed E-state index contributed by atoms with van der Waals surface area (Å²) in [5.74, 6) is -3.76. The van der Waals surface area contributed by atoms with Gasteiger partial charge in [0.15, 0.2) is 17.1 Å². The van der Waals surface area contributed by atoms with Gasteiger partial charge in [-0.3, -0.25) is 9.59 Å². The summed E-state index contributed by atoms with van der Waals surface area (Å²) in [6.07, 6.45) is -0.114. The first-order valence-corrected chi connectivity index (χ1v) is 14.7. The third-order valence-electron chi connectivity index (χ3n) is 9.71. The molecule has 9 atom stereocenters. The standard InChI is InChI=1S/C27H28ClF3O5S2/c1-13-8-15-16-10-19(30)17-9-14(32)4-6-24(17,2)26(16,31)20(33)11-25(15,3)27(13,23(35)38-12-29)36-22(34)21-18(28)5-7-37-21/h4-7,9,13,15-16,19-20,33H,8,10-12H2,1-3H3/t13?,15-,16-,19?,20?,24-,25-,26?,27?/m0/s1. The zero-order chi connectivity index (χ0) is 27.8. The van der Waals surface area contributed by atoms with Crippen LogP contribution in [0.2, 0.25) is 5.02 Å². The van der Waals surface area contributed by atoms with Gasteiger partial charge in [0.1, 0.15) is 17.1 Å². The van der Waals surface area contributed by atoms with Crippen molar-refractivity contribution in [2.45, 2.75) is 63.6 Å². The van der Waals surface area contributed by atoms with E-state index in [4.69, 9.17) is 16.3 Å². The maximum atomic E-state index is 17.4. The average molecular weight is 589 g/mol. The highest BCUT2D eigenvalue weighted by Crippen LogP contribution is 2.72. The number of ketones is 1. The Morgan fingerprint density at radius 2 is 2.00 bits per heavy atom. The molecule has 0 amide bonds. The molecular formula is C27H28ClF3O5S2. The zero-order valence-electron chi connectivity index (χ0n) is 21.0. The van der Waals surface area contributed by atoms with E-state index in [1.165, 1.54) is 25.1 Å². The van der Waals surface area contributed by atoms with Crippen molar-refractivity contribution in [2.75, 3.05) is 6.01 Å². The highest BCUT2D eigenvalue weighted by atomic mass is 35.5.